The minimum absolute atomic E-state index is 0.143. The van der Waals surface area contributed by atoms with E-state index < -0.39 is 22.8 Å². The highest BCUT2D eigenvalue weighted by Crippen LogP contribution is 2.60. The average Bonchev–Trinajstić information content (AvgIpc) is 2.48. The van der Waals surface area contributed by atoms with E-state index in [-0.39, 0.29) is 5.41 Å². The van der Waals surface area contributed by atoms with Crippen molar-refractivity contribution in [2.75, 3.05) is 6.61 Å². The molecule has 2 atom stereocenters. The minimum atomic E-state index is -0.726. The summed E-state index contributed by atoms with van der Waals surface area (Å²) in [4.78, 5) is 22.8. The first-order valence-electron chi connectivity index (χ1n) is 4.97. The van der Waals surface area contributed by atoms with E-state index in [4.69, 9.17) is 9.47 Å². The minimum Gasteiger partial charge on any atom is -0.463 e. The molecule has 4 nitrogen and oxygen atoms in total. The molecule has 0 aromatic heterocycles. The van der Waals surface area contributed by atoms with Crippen LogP contribution in [0.1, 0.15) is 26.7 Å². The quantitative estimate of drug-likeness (QED) is 0.566. The zero-order valence-electron chi connectivity index (χ0n) is 8.78. The molecule has 1 aliphatic heterocycles. The van der Waals surface area contributed by atoms with Crippen molar-refractivity contribution in [2.45, 2.75) is 37.5 Å². The fourth-order valence-electron chi connectivity index (χ4n) is 1.75. The van der Waals surface area contributed by atoms with Gasteiger partial charge in [0.15, 0.2) is 0 Å². The molecule has 2 aliphatic rings. The summed E-state index contributed by atoms with van der Waals surface area (Å²) in [5.41, 5.74) is -0.143. The number of esters is 2. The Morgan fingerprint density at radius 2 is 2.20 bits per heavy atom. The van der Waals surface area contributed by atoms with Gasteiger partial charge in [-0.05, 0) is 11.8 Å². The van der Waals surface area contributed by atoms with E-state index in [1.165, 1.54) is 0 Å². The molecule has 1 saturated carbocycles. The Morgan fingerprint density at radius 3 is 2.60 bits per heavy atom. The molecule has 0 aromatic carbocycles. The van der Waals surface area contributed by atoms with Gasteiger partial charge < -0.3 is 9.47 Å². The fraction of sp³-hybridized carbons (Fsp3) is 0.800. The van der Waals surface area contributed by atoms with Gasteiger partial charge >= 0.3 is 11.9 Å². The van der Waals surface area contributed by atoms with Crippen LogP contribution in [-0.2, 0) is 19.1 Å². The number of cyclic esters (lactones) is 1. The number of hydrogen-bond donors (Lipinski definition) is 1. The zero-order chi connectivity index (χ0) is 11.3. The Balaban J connectivity index is 1.96. The second-order valence-corrected chi connectivity index (χ2v) is 5.53. The maximum absolute atomic E-state index is 11.7. The number of thiol groups is 1. The molecule has 2 fully saturated rings. The van der Waals surface area contributed by atoms with Gasteiger partial charge in [0.25, 0.3) is 0 Å². The molecule has 0 amide bonds. The predicted molar refractivity (Wildman–Crippen MR) is 55.6 cm³/mol. The highest BCUT2D eigenvalue weighted by atomic mass is 32.1. The van der Waals surface area contributed by atoms with Gasteiger partial charge in [-0.2, -0.15) is 12.6 Å². The topological polar surface area (TPSA) is 52.6 Å². The van der Waals surface area contributed by atoms with Gasteiger partial charge in [-0.25, -0.2) is 4.79 Å². The molecule has 1 heterocycles. The van der Waals surface area contributed by atoms with Crippen LogP contribution in [-0.4, -0.2) is 29.4 Å². The third-order valence-electron chi connectivity index (χ3n) is 3.17. The molecule has 1 saturated heterocycles. The van der Waals surface area contributed by atoms with Crippen LogP contribution in [0.4, 0.5) is 0 Å². The summed E-state index contributed by atoms with van der Waals surface area (Å²) in [6.45, 7) is 4.24. The molecule has 1 aliphatic carbocycles. The van der Waals surface area contributed by atoms with Crippen LogP contribution in [0.5, 0.6) is 0 Å². The lowest BCUT2D eigenvalue weighted by molar-refractivity contribution is -0.160. The van der Waals surface area contributed by atoms with E-state index in [0.29, 0.717) is 19.4 Å². The molecule has 15 heavy (non-hydrogen) atoms. The molecule has 2 rings (SSSR count). The molecular formula is C10H14O4S. The molecule has 0 bridgehead atoms. The molecule has 0 radical (unpaired) electrons. The number of ether oxygens (including phenoxy) is 2. The lowest BCUT2D eigenvalue weighted by Gasteiger charge is -2.15. The van der Waals surface area contributed by atoms with Gasteiger partial charge in [0.2, 0.25) is 6.10 Å². The van der Waals surface area contributed by atoms with Crippen LogP contribution < -0.4 is 0 Å². The summed E-state index contributed by atoms with van der Waals surface area (Å²) in [5.74, 6) is -0.849. The molecule has 0 spiro atoms. The normalized spacial score (nSPS) is 37.3. The van der Waals surface area contributed by atoms with Gasteiger partial charge in [-0.1, -0.05) is 13.8 Å². The SMILES string of the molecule is CC1(C)CC1(S)C(=O)OC1CCOC1=O. The van der Waals surface area contributed by atoms with Crippen LogP contribution in [0.25, 0.3) is 0 Å². The van der Waals surface area contributed by atoms with Gasteiger partial charge in [0, 0.05) is 6.42 Å². The summed E-state index contributed by atoms with van der Waals surface area (Å²) in [5, 5.41) is 0. The van der Waals surface area contributed by atoms with Crippen LogP contribution in [0, 0.1) is 5.41 Å². The summed E-state index contributed by atoms with van der Waals surface area (Å²) < 4.78 is 9.08. The van der Waals surface area contributed by atoms with Crippen molar-refractivity contribution in [2.24, 2.45) is 5.41 Å². The third-order valence-corrected chi connectivity index (χ3v) is 4.11. The molecule has 0 N–H and O–H groups in total. The van der Waals surface area contributed by atoms with E-state index in [1.807, 2.05) is 13.8 Å². The number of carbonyl (C=O) groups excluding carboxylic acids is 2. The summed E-state index contributed by atoms with van der Waals surface area (Å²) >= 11 is 4.32. The van der Waals surface area contributed by atoms with Crippen LogP contribution in [0.2, 0.25) is 0 Å². The summed E-state index contributed by atoms with van der Waals surface area (Å²) in [6.07, 6.45) is 0.413. The number of rotatable bonds is 2. The summed E-state index contributed by atoms with van der Waals surface area (Å²) in [6, 6.07) is 0. The zero-order valence-corrected chi connectivity index (χ0v) is 9.67. The maximum atomic E-state index is 11.7. The molecule has 0 aromatic rings. The Kier molecular flexibility index (Phi) is 2.26. The first-order chi connectivity index (χ1) is 6.87. The Labute approximate surface area is 93.7 Å². The number of hydrogen-bond acceptors (Lipinski definition) is 5. The summed E-state index contributed by atoms with van der Waals surface area (Å²) in [7, 11) is 0. The van der Waals surface area contributed by atoms with Crippen LogP contribution in [0.15, 0.2) is 0 Å². The first kappa shape index (κ1) is 10.8. The molecular weight excluding hydrogens is 216 g/mol. The van der Waals surface area contributed by atoms with Gasteiger partial charge in [-0.3, -0.25) is 4.79 Å². The lowest BCUT2D eigenvalue weighted by atomic mass is 10.1. The van der Waals surface area contributed by atoms with Gasteiger partial charge in [0.05, 0.1) is 6.61 Å². The molecule has 5 heteroatoms. The lowest BCUT2D eigenvalue weighted by Crippen LogP contribution is -2.31. The van der Waals surface area contributed by atoms with E-state index in [2.05, 4.69) is 12.6 Å². The van der Waals surface area contributed by atoms with Crippen LogP contribution in [0.3, 0.4) is 0 Å². The van der Waals surface area contributed by atoms with Crippen molar-refractivity contribution in [3.63, 3.8) is 0 Å². The van der Waals surface area contributed by atoms with E-state index in [1.54, 1.807) is 0 Å². The van der Waals surface area contributed by atoms with Gasteiger partial charge in [0.1, 0.15) is 4.75 Å². The van der Waals surface area contributed by atoms with Crippen molar-refractivity contribution in [1.82, 2.24) is 0 Å². The largest absolute Gasteiger partial charge is 0.463 e. The van der Waals surface area contributed by atoms with E-state index >= 15 is 0 Å². The second-order valence-electron chi connectivity index (χ2n) is 4.77. The third kappa shape index (κ3) is 1.62. The van der Waals surface area contributed by atoms with Crippen molar-refractivity contribution in [1.29, 1.82) is 0 Å². The van der Waals surface area contributed by atoms with Crippen molar-refractivity contribution < 1.29 is 19.1 Å². The first-order valence-corrected chi connectivity index (χ1v) is 5.42. The fourth-order valence-corrected chi connectivity index (χ4v) is 2.20. The number of carbonyl (C=O) groups is 2. The second kappa shape index (κ2) is 3.14. The van der Waals surface area contributed by atoms with Crippen molar-refractivity contribution in [3.8, 4) is 0 Å². The van der Waals surface area contributed by atoms with E-state index in [9.17, 15) is 9.59 Å². The monoisotopic (exact) mass is 230 g/mol. The highest BCUT2D eigenvalue weighted by Gasteiger charge is 2.65. The highest BCUT2D eigenvalue weighted by molar-refractivity contribution is 7.83. The predicted octanol–water partition coefficient (Wildman–Crippen LogP) is 0.944. The van der Waals surface area contributed by atoms with Gasteiger partial charge in [-0.15, -0.1) is 0 Å². The smallest absolute Gasteiger partial charge is 0.347 e. The van der Waals surface area contributed by atoms with E-state index in [0.717, 1.165) is 0 Å². The standard InChI is InChI=1S/C10H14O4S/c1-9(2)5-10(9,15)8(12)14-6-3-4-13-7(6)11/h6,15H,3-5H2,1-2H3. The van der Waals surface area contributed by atoms with Crippen LogP contribution >= 0.6 is 12.6 Å². The van der Waals surface area contributed by atoms with Crippen molar-refractivity contribution in [3.05, 3.63) is 0 Å². The van der Waals surface area contributed by atoms with Crippen molar-refractivity contribution >= 4 is 24.6 Å². The molecule has 2 unspecified atom stereocenters. The maximum Gasteiger partial charge on any atom is 0.347 e. The Hall–Kier alpha value is -0.710. The molecule has 84 valence electrons. The Bertz CT molecular complexity index is 325. The Morgan fingerprint density at radius 1 is 1.60 bits per heavy atom. The average molecular weight is 230 g/mol.